The molecular formula is C14H21ClN2O2. The van der Waals surface area contributed by atoms with Crippen LogP contribution < -0.4 is 10.6 Å². The van der Waals surface area contributed by atoms with Crippen LogP contribution in [0.5, 0.6) is 0 Å². The van der Waals surface area contributed by atoms with E-state index in [-0.39, 0.29) is 12.6 Å². The van der Waals surface area contributed by atoms with Crippen LogP contribution in [0.15, 0.2) is 24.3 Å². The second kappa shape index (κ2) is 6.78. The van der Waals surface area contributed by atoms with Crippen molar-refractivity contribution in [3.05, 3.63) is 29.3 Å². The summed E-state index contributed by atoms with van der Waals surface area (Å²) in [5.74, 6) is 0.371. The monoisotopic (exact) mass is 284 g/mol. The standard InChI is InChI=1S/C14H21ClN2O2/c1-10(2)8-14(3,19)9-16-13(18)17-12-6-4-11(15)5-7-12/h4-7,10,19H,8-9H2,1-3H3,(H2,16,17,18). The van der Waals surface area contributed by atoms with Crippen molar-refractivity contribution in [2.75, 3.05) is 11.9 Å². The molecule has 0 saturated heterocycles. The van der Waals surface area contributed by atoms with Gasteiger partial charge in [-0.1, -0.05) is 25.4 Å². The quantitative estimate of drug-likeness (QED) is 0.777. The molecule has 5 heteroatoms. The maximum absolute atomic E-state index is 11.7. The molecule has 0 bridgehead atoms. The van der Waals surface area contributed by atoms with E-state index in [1.165, 1.54) is 0 Å². The molecule has 0 fully saturated rings. The fraction of sp³-hybridized carbons (Fsp3) is 0.500. The van der Waals surface area contributed by atoms with Gasteiger partial charge in [-0.15, -0.1) is 0 Å². The third-order valence-corrected chi connectivity index (χ3v) is 2.83. The molecule has 1 aromatic carbocycles. The van der Waals surface area contributed by atoms with Gasteiger partial charge in [-0.3, -0.25) is 0 Å². The average molecular weight is 285 g/mol. The summed E-state index contributed by atoms with van der Waals surface area (Å²) in [7, 11) is 0. The Morgan fingerprint density at radius 1 is 1.37 bits per heavy atom. The molecule has 0 saturated carbocycles. The Morgan fingerprint density at radius 2 is 1.95 bits per heavy atom. The number of halogens is 1. The number of anilines is 1. The summed E-state index contributed by atoms with van der Waals surface area (Å²) >= 11 is 5.76. The molecular weight excluding hydrogens is 264 g/mol. The first-order valence-electron chi connectivity index (χ1n) is 6.31. The van der Waals surface area contributed by atoms with Gasteiger partial charge in [-0.25, -0.2) is 4.79 Å². The van der Waals surface area contributed by atoms with E-state index in [1.807, 2.05) is 13.8 Å². The topological polar surface area (TPSA) is 61.4 Å². The molecule has 19 heavy (non-hydrogen) atoms. The molecule has 0 aliphatic rings. The molecule has 0 heterocycles. The van der Waals surface area contributed by atoms with Gasteiger partial charge in [0.05, 0.1) is 5.60 Å². The Morgan fingerprint density at radius 3 is 2.47 bits per heavy atom. The lowest BCUT2D eigenvalue weighted by Gasteiger charge is -2.25. The first-order chi connectivity index (χ1) is 8.78. The third-order valence-electron chi connectivity index (χ3n) is 2.58. The lowest BCUT2D eigenvalue weighted by atomic mass is 9.94. The van der Waals surface area contributed by atoms with Crippen LogP contribution in [0.25, 0.3) is 0 Å². The average Bonchev–Trinajstić information content (AvgIpc) is 2.28. The normalized spacial score (nSPS) is 14.0. The van der Waals surface area contributed by atoms with Gasteiger partial charge in [0.25, 0.3) is 0 Å². The molecule has 0 aliphatic carbocycles. The first-order valence-corrected chi connectivity index (χ1v) is 6.69. The van der Waals surface area contributed by atoms with E-state index >= 15 is 0 Å². The zero-order valence-electron chi connectivity index (χ0n) is 11.5. The number of carbonyl (C=O) groups excluding carboxylic acids is 1. The number of benzene rings is 1. The SMILES string of the molecule is CC(C)CC(C)(O)CNC(=O)Nc1ccc(Cl)cc1. The summed E-state index contributed by atoms with van der Waals surface area (Å²) < 4.78 is 0. The number of aliphatic hydroxyl groups is 1. The van der Waals surface area contributed by atoms with Crippen molar-refractivity contribution < 1.29 is 9.90 Å². The van der Waals surface area contributed by atoms with Crippen molar-refractivity contribution in [2.24, 2.45) is 5.92 Å². The molecule has 0 spiro atoms. The predicted octanol–water partition coefficient (Wildman–Crippen LogP) is 3.26. The number of urea groups is 1. The highest BCUT2D eigenvalue weighted by Crippen LogP contribution is 2.15. The maximum Gasteiger partial charge on any atom is 0.319 e. The molecule has 0 aliphatic heterocycles. The molecule has 1 unspecified atom stereocenters. The van der Waals surface area contributed by atoms with Gasteiger partial charge >= 0.3 is 6.03 Å². The van der Waals surface area contributed by atoms with Crippen LogP contribution in [0.3, 0.4) is 0 Å². The zero-order valence-corrected chi connectivity index (χ0v) is 12.3. The largest absolute Gasteiger partial charge is 0.388 e. The summed E-state index contributed by atoms with van der Waals surface area (Å²) in [5, 5.41) is 16.0. The van der Waals surface area contributed by atoms with Gasteiger partial charge < -0.3 is 15.7 Å². The van der Waals surface area contributed by atoms with E-state index in [2.05, 4.69) is 10.6 Å². The van der Waals surface area contributed by atoms with E-state index in [4.69, 9.17) is 11.6 Å². The Hall–Kier alpha value is -1.26. The fourth-order valence-corrected chi connectivity index (χ4v) is 2.06. The van der Waals surface area contributed by atoms with E-state index in [0.29, 0.717) is 23.0 Å². The van der Waals surface area contributed by atoms with Crippen molar-refractivity contribution in [3.8, 4) is 0 Å². The second-order valence-corrected chi connectivity index (χ2v) is 5.85. The molecule has 106 valence electrons. The fourth-order valence-electron chi connectivity index (χ4n) is 1.93. The minimum absolute atomic E-state index is 0.213. The Balaban J connectivity index is 2.41. The molecule has 1 atom stereocenters. The van der Waals surface area contributed by atoms with Crippen molar-refractivity contribution in [1.29, 1.82) is 0 Å². The van der Waals surface area contributed by atoms with E-state index in [0.717, 1.165) is 0 Å². The summed E-state index contributed by atoms with van der Waals surface area (Å²) in [5.41, 5.74) is -0.240. The highest BCUT2D eigenvalue weighted by atomic mass is 35.5. The minimum Gasteiger partial charge on any atom is -0.388 e. The molecule has 0 radical (unpaired) electrons. The van der Waals surface area contributed by atoms with E-state index in [9.17, 15) is 9.90 Å². The van der Waals surface area contributed by atoms with Crippen LogP contribution in [0, 0.1) is 5.92 Å². The molecule has 4 nitrogen and oxygen atoms in total. The van der Waals surface area contributed by atoms with Crippen molar-refractivity contribution in [3.63, 3.8) is 0 Å². The van der Waals surface area contributed by atoms with E-state index < -0.39 is 5.60 Å². The number of carbonyl (C=O) groups is 1. The number of hydrogen-bond acceptors (Lipinski definition) is 2. The highest BCUT2D eigenvalue weighted by Gasteiger charge is 2.22. The Bertz CT molecular complexity index is 416. The van der Waals surface area contributed by atoms with Gasteiger partial charge in [0.1, 0.15) is 0 Å². The molecule has 2 amide bonds. The maximum atomic E-state index is 11.7. The Kier molecular flexibility index (Phi) is 5.63. The van der Waals surface area contributed by atoms with Gasteiger partial charge in [0.2, 0.25) is 0 Å². The number of hydrogen-bond donors (Lipinski definition) is 3. The van der Waals surface area contributed by atoms with Crippen LogP contribution in [0.1, 0.15) is 27.2 Å². The predicted molar refractivity (Wildman–Crippen MR) is 78.6 cm³/mol. The van der Waals surface area contributed by atoms with Gasteiger partial charge in [0.15, 0.2) is 0 Å². The lowest BCUT2D eigenvalue weighted by Crippen LogP contribution is -2.43. The van der Waals surface area contributed by atoms with Crippen LogP contribution in [-0.4, -0.2) is 23.3 Å². The van der Waals surface area contributed by atoms with Gasteiger partial charge in [0, 0.05) is 17.3 Å². The third kappa shape index (κ3) is 6.45. The Labute approximate surface area is 119 Å². The summed E-state index contributed by atoms with van der Waals surface area (Å²) in [6.45, 7) is 5.99. The number of amides is 2. The van der Waals surface area contributed by atoms with Gasteiger partial charge in [-0.05, 0) is 43.5 Å². The van der Waals surface area contributed by atoms with Gasteiger partial charge in [-0.2, -0.15) is 0 Å². The zero-order chi connectivity index (χ0) is 14.5. The van der Waals surface area contributed by atoms with Crippen molar-refractivity contribution in [2.45, 2.75) is 32.8 Å². The smallest absolute Gasteiger partial charge is 0.319 e. The van der Waals surface area contributed by atoms with Crippen LogP contribution in [0.2, 0.25) is 5.02 Å². The summed E-state index contributed by atoms with van der Waals surface area (Å²) in [6.07, 6.45) is 0.633. The van der Waals surface area contributed by atoms with Crippen molar-refractivity contribution >= 4 is 23.3 Å². The first kappa shape index (κ1) is 15.8. The number of rotatable bonds is 5. The van der Waals surface area contributed by atoms with Crippen LogP contribution >= 0.6 is 11.6 Å². The second-order valence-electron chi connectivity index (χ2n) is 5.41. The summed E-state index contributed by atoms with van der Waals surface area (Å²) in [4.78, 5) is 11.7. The lowest BCUT2D eigenvalue weighted by molar-refractivity contribution is 0.0413. The molecule has 3 N–H and O–H groups in total. The molecule has 1 aromatic rings. The number of nitrogens with one attached hydrogen (secondary N) is 2. The minimum atomic E-state index is -0.897. The van der Waals surface area contributed by atoms with E-state index in [1.54, 1.807) is 31.2 Å². The highest BCUT2D eigenvalue weighted by molar-refractivity contribution is 6.30. The molecule has 0 aromatic heterocycles. The van der Waals surface area contributed by atoms with Crippen LogP contribution in [-0.2, 0) is 0 Å². The summed E-state index contributed by atoms with van der Waals surface area (Å²) in [6, 6.07) is 6.49. The van der Waals surface area contributed by atoms with Crippen molar-refractivity contribution in [1.82, 2.24) is 5.32 Å². The molecule has 1 rings (SSSR count). The van der Waals surface area contributed by atoms with Crippen LogP contribution in [0.4, 0.5) is 10.5 Å².